The third kappa shape index (κ3) is 5.95. The lowest BCUT2D eigenvalue weighted by molar-refractivity contribution is 0.547. The Morgan fingerprint density at radius 2 is 1.21 bits per heavy atom. The summed E-state index contributed by atoms with van der Waals surface area (Å²) in [5.74, 6) is 1.20. The van der Waals surface area contributed by atoms with Crippen molar-refractivity contribution in [1.82, 2.24) is 9.55 Å². The van der Waals surface area contributed by atoms with E-state index < -0.39 is 0 Å². The number of aromatic nitrogens is 2. The van der Waals surface area contributed by atoms with Gasteiger partial charge in [-0.05, 0) is 30.7 Å². The van der Waals surface area contributed by atoms with Gasteiger partial charge in [0.15, 0.2) is 0 Å². The van der Waals surface area contributed by atoms with E-state index in [9.17, 15) is 0 Å². The van der Waals surface area contributed by atoms with E-state index in [2.05, 4.69) is 66.1 Å². The van der Waals surface area contributed by atoms with Gasteiger partial charge in [0, 0.05) is 12.1 Å². The standard InChI is InChI=1S/C26H36N2/c1-2-3-4-5-6-7-8-9-10-11-15-22-26-27-24-20-16-17-21-25(24)28(26)23-18-13-12-14-19-23/h12-14,16-21H,2-11,15,22H2,1H3. The Morgan fingerprint density at radius 1 is 0.643 bits per heavy atom. The Kier molecular flexibility index (Phi) is 8.61. The topological polar surface area (TPSA) is 17.8 Å². The van der Waals surface area contributed by atoms with E-state index in [4.69, 9.17) is 4.98 Å². The molecule has 2 aromatic carbocycles. The fourth-order valence-electron chi connectivity index (χ4n) is 4.06. The first-order valence-electron chi connectivity index (χ1n) is 11.4. The number of hydrogen-bond donors (Lipinski definition) is 0. The van der Waals surface area contributed by atoms with E-state index in [1.165, 1.54) is 87.7 Å². The summed E-state index contributed by atoms with van der Waals surface area (Å²) in [7, 11) is 0. The summed E-state index contributed by atoms with van der Waals surface area (Å²) in [4.78, 5) is 4.93. The van der Waals surface area contributed by atoms with Crippen molar-refractivity contribution in [3.8, 4) is 5.69 Å². The minimum atomic E-state index is 1.06. The summed E-state index contributed by atoms with van der Waals surface area (Å²) in [6.07, 6.45) is 16.2. The molecule has 1 aromatic heterocycles. The van der Waals surface area contributed by atoms with Crippen LogP contribution in [0, 0.1) is 0 Å². The molecule has 0 aliphatic rings. The van der Waals surface area contributed by atoms with Gasteiger partial charge in [-0.15, -0.1) is 0 Å². The molecule has 3 rings (SSSR count). The van der Waals surface area contributed by atoms with Crippen molar-refractivity contribution in [3.05, 3.63) is 60.4 Å². The second kappa shape index (κ2) is 11.7. The van der Waals surface area contributed by atoms with Gasteiger partial charge in [0.05, 0.1) is 11.0 Å². The summed E-state index contributed by atoms with van der Waals surface area (Å²) in [5, 5.41) is 0. The predicted octanol–water partition coefficient (Wildman–Crippen LogP) is 7.88. The van der Waals surface area contributed by atoms with Crippen LogP contribution in [0.25, 0.3) is 16.7 Å². The molecule has 2 nitrogen and oxygen atoms in total. The van der Waals surface area contributed by atoms with Gasteiger partial charge in [-0.2, -0.15) is 0 Å². The van der Waals surface area contributed by atoms with Crippen LogP contribution in [0.4, 0.5) is 0 Å². The second-order valence-electron chi connectivity index (χ2n) is 7.97. The third-order valence-electron chi connectivity index (χ3n) is 5.65. The normalized spacial score (nSPS) is 11.3. The van der Waals surface area contributed by atoms with Crippen LogP contribution in [0.2, 0.25) is 0 Å². The lowest BCUT2D eigenvalue weighted by atomic mass is 10.1. The largest absolute Gasteiger partial charge is 0.296 e. The van der Waals surface area contributed by atoms with Crippen molar-refractivity contribution in [3.63, 3.8) is 0 Å². The number of fused-ring (bicyclic) bond motifs is 1. The van der Waals surface area contributed by atoms with Crippen LogP contribution < -0.4 is 0 Å². The van der Waals surface area contributed by atoms with E-state index in [0.717, 1.165) is 11.9 Å². The molecular weight excluding hydrogens is 340 g/mol. The molecule has 0 amide bonds. The molecule has 0 spiro atoms. The molecule has 3 aromatic rings. The van der Waals surface area contributed by atoms with Crippen molar-refractivity contribution < 1.29 is 0 Å². The quantitative estimate of drug-likeness (QED) is 0.277. The first kappa shape index (κ1) is 20.6. The fraction of sp³-hybridized carbons (Fsp3) is 0.500. The molecule has 0 radical (unpaired) electrons. The molecule has 150 valence electrons. The Hall–Kier alpha value is -2.09. The molecule has 0 aliphatic heterocycles. The maximum atomic E-state index is 4.93. The van der Waals surface area contributed by atoms with Crippen LogP contribution in [0.3, 0.4) is 0 Å². The zero-order valence-corrected chi connectivity index (χ0v) is 17.6. The molecule has 0 aliphatic carbocycles. The average molecular weight is 377 g/mol. The minimum Gasteiger partial charge on any atom is -0.296 e. The summed E-state index contributed by atoms with van der Waals surface area (Å²) in [5.41, 5.74) is 3.53. The highest BCUT2D eigenvalue weighted by Gasteiger charge is 2.11. The molecular formula is C26H36N2. The van der Waals surface area contributed by atoms with Crippen molar-refractivity contribution in [2.24, 2.45) is 0 Å². The lowest BCUT2D eigenvalue weighted by Crippen LogP contribution is -2.01. The van der Waals surface area contributed by atoms with E-state index in [0.29, 0.717) is 0 Å². The number of nitrogens with zero attached hydrogens (tertiary/aromatic N) is 2. The van der Waals surface area contributed by atoms with Crippen molar-refractivity contribution in [2.45, 2.75) is 84.0 Å². The van der Waals surface area contributed by atoms with Crippen LogP contribution in [-0.2, 0) is 6.42 Å². The minimum absolute atomic E-state index is 1.06. The van der Waals surface area contributed by atoms with E-state index in [-0.39, 0.29) is 0 Å². The molecule has 0 atom stereocenters. The zero-order chi connectivity index (χ0) is 19.4. The van der Waals surface area contributed by atoms with Gasteiger partial charge in [0.25, 0.3) is 0 Å². The molecule has 0 unspecified atom stereocenters. The van der Waals surface area contributed by atoms with Gasteiger partial charge in [0.2, 0.25) is 0 Å². The van der Waals surface area contributed by atoms with E-state index in [1.54, 1.807) is 0 Å². The van der Waals surface area contributed by atoms with Crippen LogP contribution in [0.15, 0.2) is 54.6 Å². The lowest BCUT2D eigenvalue weighted by Gasteiger charge is -2.09. The van der Waals surface area contributed by atoms with Gasteiger partial charge in [-0.1, -0.05) is 101 Å². The number of aryl methyl sites for hydroxylation is 1. The Bertz CT molecular complexity index is 804. The first-order chi connectivity index (χ1) is 13.9. The number of para-hydroxylation sites is 3. The maximum absolute atomic E-state index is 4.93. The molecule has 0 saturated carbocycles. The number of benzene rings is 2. The maximum Gasteiger partial charge on any atom is 0.114 e. The number of imidazole rings is 1. The van der Waals surface area contributed by atoms with Gasteiger partial charge >= 0.3 is 0 Å². The van der Waals surface area contributed by atoms with Crippen LogP contribution in [0.1, 0.15) is 83.4 Å². The van der Waals surface area contributed by atoms with Gasteiger partial charge < -0.3 is 0 Å². The van der Waals surface area contributed by atoms with Crippen LogP contribution in [-0.4, -0.2) is 9.55 Å². The number of rotatable bonds is 13. The Morgan fingerprint density at radius 3 is 1.89 bits per heavy atom. The molecule has 1 heterocycles. The Labute approximate surface area is 171 Å². The highest BCUT2D eigenvalue weighted by Crippen LogP contribution is 2.23. The fourth-order valence-corrected chi connectivity index (χ4v) is 4.06. The zero-order valence-electron chi connectivity index (χ0n) is 17.6. The van der Waals surface area contributed by atoms with Gasteiger partial charge in [0.1, 0.15) is 5.82 Å². The van der Waals surface area contributed by atoms with Crippen LogP contribution >= 0.6 is 0 Å². The molecule has 0 bridgehead atoms. The number of unbranched alkanes of at least 4 members (excludes halogenated alkanes) is 10. The van der Waals surface area contributed by atoms with Crippen molar-refractivity contribution in [2.75, 3.05) is 0 Å². The van der Waals surface area contributed by atoms with E-state index in [1.807, 2.05) is 0 Å². The van der Waals surface area contributed by atoms with Crippen molar-refractivity contribution in [1.29, 1.82) is 0 Å². The summed E-state index contributed by atoms with van der Waals surface area (Å²) in [6.45, 7) is 2.29. The smallest absolute Gasteiger partial charge is 0.114 e. The highest BCUT2D eigenvalue weighted by molar-refractivity contribution is 5.78. The SMILES string of the molecule is CCCCCCCCCCCCCc1nc2ccccc2n1-c1ccccc1. The Balaban J connectivity index is 1.45. The van der Waals surface area contributed by atoms with Crippen LogP contribution in [0.5, 0.6) is 0 Å². The highest BCUT2D eigenvalue weighted by atomic mass is 15.1. The first-order valence-corrected chi connectivity index (χ1v) is 11.4. The molecule has 2 heteroatoms. The summed E-state index contributed by atoms with van der Waals surface area (Å²) in [6, 6.07) is 19.1. The van der Waals surface area contributed by atoms with Gasteiger partial charge in [-0.3, -0.25) is 4.57 Å². The summed E-state index contributed by atoms with van der Waals surface area (Å²) < 4.78 is 2.34. The average Bonchev–Trinajstić information content (AvgIpc) is 3.11. The van der Waals surface area contributed by atoms with E-state index >= 15 is 0 Å². The second-order valence-corrected chi connectivity index (χ2v) is 7.97. The molecule has 0 saturated heterocycles. The number of hydrogen-bond acceptors (Lipinski definition) is 1. The van der Waals surface area contributed by atoms with Gasteiger partial charge in [-0.25, -0.2) is 4.98 Å². The van der Waals surface area contributed by atoms with Crippen molar-refractivity contribution >= 4 is 11.0 Å². The third-order valence-corrected chi connectivity index (χ3v) is 5.65. The molecule has 0 fully saturated rings. The predicted molar refractivity (Wildman–Crippen MR) is 121 cm³/mol. The molecule has 28 heavy (non-hydrogen) atoms. The summed E-state index contributed by atoms with van der Waals surface area (Å²) >= 11 is 0. The monoisotopic (exact) mass is 376 g/mol. The molecule has 0 N–H and O–H groups in total.